The minimum atomic E-state index is -0.859. The molecule has 1 aliphatic rings. The predicted molar refractivity (Wildman–Crippen MR) is 209 cm³/mol. The summed E-state index contributed by atoms with van der Waals surface area (Å²) >= 11 is 0. The van der Waals surface area contributed by atoms with E-state index in [2.05, 4.69) is 82.8 Å². The summed E-state index contributed by atoms with van der Waals surface area (Å²) in [6.45, 7) is 11.2. The monoisotopic (exact) mass is 758 g/mol. The first-order valence-corrected chi connectivity index (χ1v) is 19.7. The molecular weight excluding hydrogens is 701 g/mol. The number of nitrogens with zero attached hydrogens (tertiary/aromatic N) is 7. The smallest absolute Gasteiger partial charge is 0.310 e. The first-order valence-electron chi connectivity index (χ1n) is 19.7. The van der Waals surface area contributed by atoms with Crippen LogP contribution in [0.3, 0.4) is 0 Å². The number of nitrogens with one attached hydrogen (secondary N) is 4. The lowest BCUT2D eigenvalue weighted by Gasteiger charge is -2.38. The molecule has 0 spiro atoms. The van der Waals surface area contributed by atoms with Gasteiger partial charge >= 0.3 is 11.9 Å². The van der Waals surface area contributed by atoms with Crippen LogP contribution in [0, 0.1) is 11.8 Å². The number of ether oxygens (including phenoxy) is 1. The maximum absolute atomic E-state index is 14.2. The summed E-state index contributed by atoms with van der Waals surface area (Å²) in [5.41, 5.74) is 9.76. The lowest BCUT2D eigenvalue weighted by molar-refractivity contribution is -0.158. The zero-order valence-corrected chi connectivity index (χ0v) is 32.5. The molecule has 1 fully saturated rings. The molecule has 0 radical (unpaired) electrons. The van der Waals surface area contributed by atoms with Gasteiger partial charge in [0.2, 0.25) is 0 Å². The van der Waals surface area contributed by atoms with Gasteiger partial charge in [-0.2, -0.15) is 10.4 Å². The third kappa shape index (κ3) is 11.8. The number of anilines is 2. The molecule has 16 heteroatoms. The SMILES string of the molecule is CCCC(C(=O)O)C(Cc1ccc(NC2CC(OC(=O)C(CCC)C(Cc3ccc(NC(C)CN)cc3)c3nn[nH]n3)CN(CCC)C2)cc1)c1nn[nH]n1. The molecule has 5 rings (SSSR count). The number of carboxylic acid groups (broad SMARTS) is 1. The van der Waals surface area contributed by atoms with Gasteiger partial charge in [-0.3, -0.25) is 14.5 Å². The van der Waals surface area contributed by atoms with Crippen LogP contribution in [-0.2, 0) is 27.2 Å². The normalized spacial score (nSPS) is 18.9. The Morgan fingerprint density at radius 2 is 1.42 bits per heavy atom. The Morgan fingerprint density at radius 1 is 0.855 bits per heavy atom. The van der Waals surface area contributed by atoms with Crippen LogP contribution in [0.25, 0.3) is 0 Å². The summed E-state index contributed by atoms with van der Waals surface area (Å²) in [6.07, 6.45) is 5.06. The molecule has 55 heavy (non-hydrogen) atoms. The van der Waals surface area contributed by atoms with Gasteiger partial charge in [0.25, 0.3) is 0 Å². The van der Waals surface area contributed by atoms with Gasteiger partial charge in [-0.15, -0.1) is 20.4 Å². The lowest BCUT2D eigenvalue weighted by Crippen LogP contribution is -2.50. The topological polar surface area (TPSA) is 226 Å². The highest BCUT2D eigenvalue weighted by molar-refractivity contribution is 5.74. The number of hydrogen-bond donors (Lipinski definition) is 6. The molecular formula is C39H58N12O4. The number of carboxylic acids is 1. The molecule has 7 N–H and O–H groups in total. The van der Waals surface area contributed by atoms with Crippen molar-refractivity contribution >= 4 is 23.3 Å². The van der Waals surface area contributed by atoms with Crippen LogP contribution in [0.4, 0.5) is 11.4 Å². The number of carbonyl (C=O) groups is 2. The molecule has 1 aliphatic heterocycles. The van der Waals surface area contributed by atoms with E-state index in [1.165, 1.54) is 0 Å². The average Bonchev–Trinajstić information content (AvgIpc) is 3.92. The van der Waals surface area contributed by atoms with E-state index < -0.39 is 23.7 Å². The molecule has 298 valence electrons. The van der Waals surface area contributed by atoms with Crippen LogP contribution < -0.4 is 16.4 Å². The second kappa shape index (κ2) is 20.6. The summed E-state index contributed by atoms with van der Waals surface area (Å²) in [7, 11) is 0. The molecule has 1 saturated heterocycles. The van der Waals surface area contributed by atoms with Gasteiger partial charge in [0.15, 0.2) is 11.6 Å². The molecule has 4 aromatic rings. The average molecular weight is 759 g/mol. The number of aliphatic carboxylic acids is 1. The summed E-state index contributed by atoms with van der Waals surface area (Å²) < 4.78 is 6.41. The van der Waals surface area contributed by atoms with Crippen molar-refractivity contribution in [3.63, 3.8) is 0 Å². The van der Waals surface area contributed by atoms with E-state index >= 15 is 0 Å². The number of carbonyl (C=O) groups excluding carboxylic acids is 1. The number of piperidine rings is 1. The van der Waals surface area contributed by atoms with Crippen molar-refractivity contribution in [2.45, 2.75) is 109 Å². The number of likely N-dealkylation sites (tertiary alicyclic amines) is 1. The van der Waals surface area contributed by atoms with Gasteiger partial charge in [0.05, 0.1) is 11.8 Å². The van der Waals surface area contributed by atoms with E-state index in [-0.39, 0.29) is 30.1 Å². The zero-order chi connectivity index (χ0) is 39.2. The standard InChI is InChI=1S/C39H58N12O4/c1-5-8-32(38(52)53)34(36-43-47-48-44-36)19-26-12-16-29(17-13-26)42-30-21-31(24-51(23-30)18-7-3)55-39(54)33(9-6-2)35(37-45-49-50-46-37)20-27-10-14-28(15-11-27)41-25(4)22-40/h10-17,25,30-35,41-42H,5-9,18-24,40H2,1-4H3,(H,52,53)(H,43,44,47,48)(H,45,46,49,50). The number of hydrogen-bond acceptors (Lipinski definition) is 13. The Balaban J connectivity index is 1.27. The van der Waals surface area contributed by atoms with Crippen molar-refractivity contribution in [3.8, 4) is 0 Å². The second-order valence-corrected chi connectivity index (χ2v) is 14.9. The Morgan fingerprint density at radius 3 is 1.93 bits per heavy atom. The highest BCUT2D eigenvalue weighted by Crippen LogP contribution is 2.33. The molecule has 3 heterocycles. The van der Waals surface area contributed by atoms with Gasteiger partial charge in [0, 0.05) is 61.3 Å². The van der Waals surface area contributed by atoms with Crippen LogP contribution in [0.5, 0.6) is 0 Å². The number of esters is 1. The van der Waals surface area contributed by atoms with E-state index in [4.69, 9.17) is 10.5 Å². The maximum atomic E-state index is 14.2. The Hall–Kier alpha value is -4.96. The van der Waals surface area contributed by atoms with Gasteiger partial charge in [0.1, 0.15) is 6.10 Å². The van der Waals surface area contributed by atoms with E-state index in [0.29, 0.717) is 56.8 Å². The molecule has 7 unspecified atom stereocenters. The number of benzene rings is 2. The van der Waals surface area contributed by atoms with E-state index in [9.17, 15) is 14.7 Å². The summed E-state index contributed by atoms with van der Waals surface area (Å²) in [5.74, 6) is -1.98. The predicted octanol–water partition coefficient (Wildman–Crippen LogP) is 4.55. The highest BCUT2D eigenvalue weighted by Gasteiger charge is 2.37. The first-order chi connectivity index (χ1) is 26.7. The first kappa shape index (κ1) is 41.2. The minimum Gasteiger partial charge on any atom is -0.481 e. The van der Waals surface area contributed by atoms with Crippen molar-refractivity contribution in [1.82, 2.24) is 46.1 Å². The maximum Gasteiger partial charge on any atom is 0.310 e. The fraction of sp³-hybridized carbons (Fsp3) is 0.590. The summed E-state index contributed by atoms with van der Waals surface area (Å²) in [6, 6.07) is 16.5. The highest BCUT2D eigenvalue weighted by atomic mass is 16.5. The Bertz CT molecular complexity index is 1710. The van der Waals surface area contributed by atoms with Crippen molar-refractivity contribution in [3.05, 3.63) is 71.3 Å². The number of nitrogens with two attached hydrogens (primary N) is 1. The number of H-pyrrole nitrogens is 2. The number of rotatable bonds is 22. The van der Waals surface area contributed by atoms with Crippen molar-refractivity contribution in [2.24, 2.45) is 17.6 Å². The molecule has 0 bridgehead atoms. The van der Waals surface area contributed by atoms with Gasteiger partial charge in [-0.05, 0) is 81.0 Å². The second-order valence-electron chi connectivity index (χ2n) is 14.9. The molecule has 0 aliphatic carbocycles. The molecule has 0 amide bonds. The fourth-order valence-electron chi connectivity index (χ4n) is 7.72. The van der Waals surface area contributed by atoms with Crippen LogP contribution >= 0.6 is 0 Å². The summed E-state index contributed by atoms with van der Waals surface area (Å²) in [5, 5.41) is 46.6. The van der Waals surface area contributed by atoms with Crippen LogP contribution in [0.2, 0.25) is 0 Å². The van der Waals surface area contributed by atoms with Crippen LogP contribution in [0.1, 0.15) is 101 Å². The molecule has 2 aromatic carbocycles. The number of aromatic amines is 2. The summed E-state index contributed by atoms with van der Waals surface area (Å²) in [4.78, 5) is 28.7. The lowest BCUT2D eigenvalue weighted by atomic mass is 9.83. The molecule has 16 nitrogen and oxygen atoms in total. The minimum absolute atomic E-state index is 0.0451. The third-order valence-corrected chi connectivity index (χ3v) is 10.4. The zero-order valence-electron chi connectivity index (χ0n) is 32.5. The molecule has 7 atom stereocenters. The van der Waals surface area contributed by atoms with E-state index in [0.717, 1.165) is 54.9 Å². The van der Waals surface area contributed by atoms with Crippen molar-refractivity contribution in [1.29, 1.82) is 0 Å². The van der Waals surface area contributed by atoms with Crippen LogP contribution in [0.15, 0.2) is 48.5 Å². The van der Waals surface area contributed by atoms with Gasteiger partial charge in [-0.25, -0.2) is 0 Å². The van der Waals surface area contributed by atoms with Crippen LogP contribution in [-0.4, -0.2) is 108 Å². The van der Waals surface area contributed by atoms with Crippen molar-refractivity contribution < 1.29 is 19.4 Å². The van der Waals surface area contributed by atoms with Gasteiger partial charge < -0.3 is 26.2 Å². The molecule has 2 aromatic heterocycles. The largest absolute Gasteiger partial charge is 0.481 e. The Labute approximate surface area is 323 Å². The Kier molecular flexibility index (Phi) is 15.5. The van der Waals surface area contributed by atoms with Gasteiger partial charge in [-0.1, -0.05) is 68.3 Å². The molecule has 0 saturated carbocycles. The van der Waals surface area contributed by atoms with E-state index in [1.807, 2.05) is 50.2 Å². The fourth-order valence-corrected chi connectivity index (χ4v) is 7.72. The number of tetrazole rings is 2. The van der Waals surface area contributed by atoms with E-state index in [1.54, 1.807) is 0 Å². The van der Waals surface area contributed by atoms with Crippen molar-refractivity contribution in [2.75, 3.05) is 36.8 Å². The quantitative estimate of drug-likeness (QED) is 0.0605. The third-order valence-electron chi connectivity index (χ3n) is 10.4. The number of aromatic nitrogens is 8.